The van der Waals surface area contributed by atoms with Crippen molar-refractivity contribution in [2.45, 2.75) is 19.4 Å². The largest absolute Gasteiger partial charge is 0.504 e. The quantitative estimate of drug-likeness (QED) is 0.231. The molecular weight excluding hydrogens is 560 g/mol. The van der Waals surface area contributed by atoms with E-state index in [0.717, 1.165) is 5.56 Å². The molecule has 0 radical (unpaired) electrons. The van der Waals surface area contributed by atoms with Gasteiger partial charge < -0.3 is 14.6 Å². The number of hydrogen-bond donors (Lipinski definition) is 1. The maximum absolute atomic E-state index is 14.1. The Labute approximate surface area is 245 Å². The summed E-state index contributed by atoms with van der Waals surface area (Å²) in [5, 5.41) is 11.0. The number of rotatable bonds is 8. The minimum Gasteiger partial charge on any atom is -0.504 e. The van der Waals surface area contributed by atoms with Crippen molar-refractivity contribution in [2.75, 3.05) is 13.7 Å². The Kier molecular flexibility index (Phi) is 8.23. The van der Waals surface area contributed by atoms with E-state index in [2.05, 4.69) is 6.58 Å². The van der Waals surface area contributed by atoms with E-state index in [-0.39, 0.29) is 23.5 Å². The number of hydrogen-bond acceptors (Lipinski definition) is 7. The number of carbonyl (C=O) groups is 1. The van der Waals surface area contributed by atoms with Crippen LogP contribution >= 0.6 is 22.9 Å². The number of aromatic nitrogens is 1. The normalized spacial score (nSPS) is 14.8. The number of nitrogens with zero attached hydrogens (tertiary/aromatic N) is 2. The molecule has 0 spiro atoms. The number of phenols is 1. The molecule has 9 heteroatoms. The van der Waals surface area contributed by atoms with Crippen molar-refractivity contribution in [2.24, 2.45) is 4.99 Å². The second kappa shape index (κ2) is 12.0. The van der Waals surface area contributed by atoms with Gasteiger partial charge in [-0.2, -0.15) is 0 Å². The van der Waals surface area contributed by atoms with Gasteiger partial charge >= 0.3 is 5.97 Å². The summed E-state index contributed by atoms with van der Waals surface area (Å²) in [5.74, 6) is -0.236. The van der Waals surface area contributed by atoms with Gasteiger partial charge in [0.1, 0.15) is 0 Å². The molecule has 1 atom stereocenters. The van der Waals surface area contributed by atoms with E-state index in [9.17, 15) is 14.7 Å². The molecule has 0 saturated carbocycles. The Morgan fingerprint density at radius 2 is 1.90 bits per heavy atom. The molecule has 0 amide bonds. The van der Waals surface area contributed by atoms with E-state index in [1.165, 1.54) is 23.0 Å². The standard InChI is InChI=1S/C32H27ClN2O5S/c1-4-9-22-16-19(17-24(39-3)29(22)36)18-25-30(37)35-28(21-12-14-23(33)15-13-21)26(31(38)40-5-2)27(34-32(35)41-25)20-10-7-6-8-11-20/h4,6-8,10-18,28,36H,1,5,9H2,2-3H3/b25-18+/t28-/m1/s1. The van der Waals surface area contributed by atoms with Crippen LogP contribution in [-0.4, -0.2) is 29.4 Å². The van der Waals surface area contributed by atoms with E-state index < -0.39 is 12.0 Å². The van der Waals surface area contributed by atoms with Crippen molar-refractivity contribution < 1.29 is 19.4 Å². The van der Waals surface area contributed by atoms with Gasteiger partial charge in [0.25, 0.3) is 5.56 Å². The molecule has 0 saturated heterocycles. The first-order chi connectivity index (χ1) is 19.9. The lowest BCUT2D eigenvalue weighted by Crippen LogP contribution is -2.40. The van der Waals surface area contributed by atoms with Crippen LogP contribution < -0.4 is 19.6 Å². The van der Waals surface area contributed by atoms with E-state index >= 15 is 0 Å². The molecule has 0 aliphatic carbocycles. The molecule has 2 heterocycles. The number of ether oxygens (including phenoxy) is 2. The Bertz CT molecular complexity index is 1840. The van der Waals surface area contributed by atoms with Gasteiger partial charge in [-0.05, 0) is 54.8 Å². The van der Waals surface area contributed by atoms with Crippen LogP contribution in [0.15, 0.2) is 94.7 Å². The first-order valence-corrected chi connectivity index (χ1v) is 14.1. The molecular formula is C32H27ClN2O5S. The van der Waals surface area contributed by atoms with Crippen LogP contribution in [0, 0.1) is 0 Å². The van der Waals surface area contributed by atoms with Gasteiger partial charge in [-0.15, -0.1) is 6.58 Å². The van der Waals surface area contributed by atoms with Crippen LogP contribution in [0.3, 0.4) is 0 Å². The van der Waals surface area contributed by atoms with Gasteiger partial charge in [-0.25, -0.2) is 9.79 Å². The van der Waals surface area contributed by atoms with Crippen molar-refractivity contribution in [3.63, 3.8) is 0 Å². The minimum absolute atomic E-state index is 0.0281. The van der Waals surface area contributed by atoms with Crippen molar-refractivity contribution in [1.29, 1.82) is 0 Å². The van der Waals surface area contributed by atoms with E-state index in [1.807, 2.05) is 30.3 Å². The highest BCUT2D eigenvalue weighted by Crippen LogP contribution is 2.36. The zero-order valence-electron chi connectivity index (χ0n) is 22.5. The second-order valence-corrected chi connectivity index (χ2v) is 10.7. The molecule has 1 aliphatic rings. The predicted molar refractivity (Wildman–Crippen MR) is 161 cm³/mol. The van der Waals surface area contributed by atoms with Gasteiger partial charge in [0, 0.05) is 16.1 Å². The fraction of sp³-hybridized carbons (Fsp3) is 0.156. The lowest BCUT2D eigenvalue weighted by atomic mass is 9.93. The maximum Gasteiger partial charge on any atom is 0.338 e. The first-order valence-electron chi connectivity index (χ1n) is 12.9. The molecule has 208 valence electrons. The van der Waals surface area contributed by atoms with Gasteiger partial charge in [0.15, 0.2) is 16.3 Å². The van der Waals surface area contributed by atoms with Crippen LogP contribution in [-0.2, 0) is 16.0 Å². The molecule has 1 aliphatic heterocycles. The number of esters is 1. The summed E-state index contributed by atoms with van der Waals surface area (Å²) >= 11 is 7.41. The van der Waals surface area contributed by atoms with Gasteiger partial charge in [-0.3, -0.25) is 9.36 Å². The number of halogens is 1. The van der Waals surface area contributed by atoms with Crippen molar-refractivity contribution in [3.05, 3.63) is 132 Å². The summed E-state index contributed by atoms with van der Waals surface area (Å²) in [6.07, 6.45) is 3.83. The molecule has 1 N–H and O–H groups in total. The molecule has 5 rings (SSSR count). The summed E-state index contributed by atoms with van der Waals surface area (Å²) in [4.78, 5) is 32.9. The van der Waals surface area contributed by atoms with Crippen LogP contribution in [0.1, 0.15) is 35.2 Å². The third-order valence-corrected chi connectivity index (χ3v) is 7.85. The maximum atomic E-state index is 14.1. The number of carbonyl (C=O) groups excluding carboxylic acids is 1. The van der Waals surface area contributed by atoms with E-state index in [4.69, 9.17) is 26.1 Å². The number of fused-ring (bicyclic) bond motifs is 1. The predicted octanol–water partition coefficient (Wildman–Crippen LogP) is 5.03. The Balaban J connectivity index is 1.81. The van der Waals surface area contributed by atoms with E-state index in [1.54, 1.807) is 55.5 Å². The number of benzene rings is 3. The molecule has 3 aromatic carbocycles. The first kappa shape index (κ1) is 28.1. The van der Waals surface area contributed by atoms with Gasteiger partial charge in [0.05, 0.1) is 35.6 Å². The Morgan fingerprint density at radius 3 is 2.56 bits per heavy atom. The zero-order valence-corrected chi connectivity index (χ0v) is 24.0. The Morgan fingerprint density at radius 1 is 1.17 bits per heavy atom. The monoisotopic (exact) mass is 586 g/mol. The smallest absolute Gasteiger partial charge is 0.338 e. The lowest BCUT2D eigenvalue weighted by Gasteiger charge is -2.25. The summed E-state index contributed by atoms with van der Waals surface area (Å²) in [6.45, 7) is 5.66. The zero-order chi connectivity index (χ0) is 29.1. The molecule has 7 nitrogen and oxygen atoms in total. The van der Waals surface area contributed by atoms with Gasteiger partial charge in [0.2, 0.25) is 0 Å². The van der Waals surface area contributed by atoms with Crippen LogP contribution in [0.5, 0.6) is 11.5 Å². The number of allylic oxidation sites excluding steroid dienone is 1. The van der Waals surface area contributed by atoms with Crippen LogP contribution in [0.2, 0.25) is 5.02 Å². The highest BCUT2D eigenvalue weighted by molar-refractivity contribution is 7.07. The summed E-state index contributed by atoms with van der Waals surface area (Å²) < 4.78 is 12.8. The molecule has 1 aromatic heterocycles. The fourth-order valence-electron chi connectivity index (χ4n) is 4.79. The van der Waals surface area contributed by atoms with Crippen molar-refractivity contribution >= 4 is 40.7 Å². The highest BCUT2D eigenvalue weighted by atomic mass is 35.5. The average molecular weight is 587 g/mol. The third kappa shape index (κ3) is 5.49. The number of methoxy groups -OCH3 is 1. The molecule has 4 aromatic rings. The molecule has 0 fully saturated rings. The topological polar surface area (TPSA) is 90.1 Å². The SMILES string of the molecule is C=CCc1cc(/C=c2/sc3n(c2=O)[C@H](c2ccc(Cl)cc2)C(C(=O)OCC)=C(c2ccccc2)N=3)cc(OC)c1O. The van der Waals surface area contributed by atoms with Crippen LogP contribution in [0.4, 0.5) is 0 Å². The number of thiazole rings is 1. The summed E-state index contributed by atoms with van der Waals surface area (Å²) in [6, 6.07) is 19.0. The third-order valence-electron chi connectivity index (χ3n) is 6.62. The lowest BCUT2D eigenvalue weighted by molar-refractivity contribution is -0.138. The Hall–Kier alpha value is -4.40. The van der Waals surface area contributed by atoms with Crippen molar-refractivity contribution in [1.82, 2.24) is 4.57 Å². The molecule has 0 bridgehead atoms. The van der Waals surface area contributed by atoms with Crippen LogP contribution in [0.25, 0.3) is 11.8 Å². The number of aromatic hydroxyl groups is 1. The minimum atomic E-state index is -0.800. The summed E-state index contributed by atoms with van der Waals surface area (Å²) in [7, 11) is 1.47. The molecule has 0 unspecified atom stereocenters. The molecule has 41 heavy (non-hydrogen) atoms. The van der Waals surface area contributed by atoms with Gasteiger partial charge in [-0.1, -0.05) is 71.5 Å². The average Bonchev–Trinajstić information content (AvgIpc) is 3.29. The second-order valence-electron chi connectivity index (χ2n) is 9.21. The highest BCUT2D eigenvalue weighted by Gasteiger charge is 2.35. The van der Waals surface area contributed by atoms with E-state index in [0.29, 0.717) is 48.9 Å². The number of phenolic OH excluding ortho intramolecular Hbond substituents is 1. The fourth-order valence-corrected chi connectivity index (χ4v) is 5.92. The summed E-state index contributed by atoms with van der Waals surface area (Å²) in [5.41, 5.74) is 3.08. The van der Waals surface area contributed by atoms with Crippen molar-refractivity contribution in [3.8, 4) is 11.5 Å².